The Morgan fingerprint density at radius 2 is 1.83 bits per heavy atom. The molecular formula is C18H23N3O2. The van der Waals surface area contributed by atoms with Crippen LogP contribution in [0, 0.1) is 5.41 Å². The van der Waals surface area contributed by atoms with Gasteiger partial charge in [-0.15, -0.1) is 0 Å². The van der Waals surface area contributed by atoms with Gasteiger partial charge >= 0.3 is 0 Å². The average molecular weight is 313 g/mol. The molecule has 0 unspecified atom stereocenters. The molecule has 0 aliphatic heterocycles. The van der Waals surface area contributed by atoms with Crippen molar-refractivity contribution in [3.63, 3.8) is 0 Å². The highest BCUT2D eigenvalue weighted by Crippen LogP contribution is 2.18. The summed E-state index contributed by atoms with van der Waals surface area (Å²) >= 11 is 0. The number of rotatable bonds is 4. The minimum absolute atomic E-state index is 0.244. The molecule has 0 aliphatic carbocycles. The summed E-state index contributed by atoms with van der Waals surface area (Å²) in [6.45, 7) is 6.11. The van der Waals surface area contributed by atoms with E-state index < -0.39 is 6.04 Å². The fourth-order valence-electron chi connectivity index (χ4n) is 2.14. The van der Waals surface area contributed by atoms with Crippen LogP contribution in [0.15, 0.2) is 53.5 Å². The number of nitrogens with zero attached hydrogens (tertiary/aromatic N) is 1. The van der Waals surface area contributed by atoms with E-state index in [1.807, 2.05) is 51.1 Å². The van der Waals surface area contributed by atoms with Gasteiger partial charge in [0.25, 0.3) is 5.56 Å². The van der Waals surface area contributed by atoms with Gasteiger partial charge in [-0.05, 0) is 23.1 Å². The highest BCUT2D eigenvalue weighted by Gasteiger charge is 2.27. The maximum atomic E-state index is 12.5. The Labute approximate surface area is 136 Å². The fourth-order valence-corrected chi connectivity index (χ4v) is 2.14. The van der Waals surface area contributed by atoms with Gasteiger partial charge in [0, 0.05) is 6.20 Å². The molecule has 1 heterocycles. The largest absolute Gasteiger partial charge is 0.320 e. The molecule has 0 radical (unpaired) electrons. The molecule has 23 heavy (non-hydrogen) atoms. The Morgan fingerprint density at radius 1 is 1.17 bits per heavy atom. The molecule has 2 aromatic rings. The van der Waals surface area contributed by atoms with Crippen molar-refractivity contribution in [3.8, 4) is 0 Å². The van der Waals surface area contributed by atoms with E-state index in [0.717, 1.165) is 5.56 Å². The summed E-state index contributed by atoms with van der Waals surface area (Å²) in [5, 5.41) is 2.65. The monoisotopic (exact) mass is 313 g/mol. The van der Waals surface area contributed by atoms with Gasteiger partial charge in [0.1, 0.15) is 5.69 Å². The molecule has 2 rings (SSSR count). The number of hydrogen-bond acceptors (Lipinski definition) is 3. The first-order chi connectivity index (χ1) is 10.8. The third-order valence-electron chi connectivity index (χ3n) is 3.69. The molecule has 5 nitrogen and oxygen atoms in total. The van der Waals surface area contributed by atoms with E-state index in [9.17, 15) is 9.59 Å². The summed E-state index contributed by atoms with van der Waals surface area (Å²) in [6, 6.07) is 12.3. The summed E-state index contributed by atoms with van der Waals surface area (Å²) in [7, 11) is 0. The standard InChI is InChI=1S/C18H23N3O2/c1-18(2,3)15(19)16(22)20-14-10-7-11-21(17(14)23)12-13-8-5-4-6-9-13/h4-11,15H,12,19H2,1-3H3,(H,20,22)/t15-/m1/s1. The molecule has 1 amide bonds. The van der Waals surface area contributed by atoms with E-state index in [1.54, 1.807) is 22.9 Å². The van der Waals surface area contributed by atoms with Crippen LogP contribution in [0.4, 0.5) is 5.69 Å². The van der Waals surface area contributed by atoms with Gasteiger partial charge in [-0.2, -0.15) is 0 Å². The number of amides is 1. The quantitative estimate of drug-likeness (QED) is 0.908. The zero-order valence-corrected chi connectivity index (χ0v) is 13.7. The Bertz CT molecular complexity index is 730. The zero-order valence-electron chi connectivity index (χ0n) is 13.7. The van der Waals surface area contributed by atoms with Gasteiger partial charge in [0.15, 0.2) is 0 Å². The van der Waals surface area contributed by atoms with Gasteiger partial charge in [-0.3, -0.25) is 9.59 Å². The molecule has 5 heteroatoms. The highest BCUT2D eigenvalue weighted by atomic mass is 16.2. The first kappa shape index (κ1) is 17.0. The molecule has 122 valence electrons. The van der Waals surface area contributed by atoms with Gasteiger partial charge in [0.05, 0.1) is 12.6 Å². The van der Waals surface area contributed by atoms with Crippen LogP contribution in [-0.2, 0) is 11.3 Å². The molecule has 0 spiro atoms. The molecule has 0 bridgehead atoms. The van der Waals surface area contributed by atoms with Crippen LogP contribution in [0.1, 0.15) is 26.3 Å². The lowest BCUT2D eigenvalue weighted by atomic mass is 9.87. The predicted molar refractivity (Wildman–Crippen MR) is 92.3 cm³/mol. The van der Waals surface area contributed by atoms with Gasteiger partial charge < -0.3 is 15.6 Å². The van der Waals surface area contributed by atoms with E-state index in [-0.39, 0.29) is 22.6 Å². The molecule has 0 saturated carbocycles. The van der Waals surface area contributed by atoms with Crippen molar-refractivity contribution in [2.45, 2.75) is 33.4 Å². The lowest BCUT2D eigenvalue weighted by Gasteiger charge is -2.25. The summed E-state index contributed by atoms with van der Waals surface area (Å²) < 4.78 is 1.56. The molecule has 1 atom stereocenters. The van der Waals surface area contributed by atoms with Crippen LogP contribution < -0.4 is 16.6 Å². The van der Waals surface area contributed by atoms with Crippen molar-refractivity contribution in [1.29, 1.82) is 0 Å². The number of carbonyl (C=O) groups is 1. The zero-order chi connectivity index (χ0) is 17.0. The van der Waals surface area contributed by atoms with Crippen LogP contribution in [0.3, 0.4) is 0 Å². The Kier molecular flexibility index (Phi) is 5.01. The first-order valence-corrected chi connectivity index (χ1v) is 7.59. The van der Waals surface area contributed by atoms with E-state index in [0.29, 0.717) is 6.54 Å². The minimum atomic E-state index is -0.690. The number of hydrogen-bond donors (Lipinski definition) is 2. The number of aromatic nitrogens is 1. The van der Waals surface area contributed by atoms with Crippen molar-refractivity contribution in [1.82, 2.24) is 4.57 Å². The molecule has 1 aromatic carbocycles. The van der Waals surface area contributed by atoms with Crippen molar-refractivity contribution in [2.24, 2.45) is 11.1 Å². The average Bonchev–Trinajstić information content (AvgIpc) is 2.50. The summed E-state index contributed by atoms with van der Waals surface area (Å²) in [6.07, 6.45) is 1.70. The second kappa shape index (κ2) is 6.79. The summed E-state index contributed by atoms with van der Waals surface area (Å²) in [5.74, 6) is -0.355. The fraction of sp³-hybridized carbons (Fsp3) is 0.333. The highest BCUT2D eigenvalue weighted by molar-refractivity contribution is 5.95. The van der Waals surface area contributed by atoms with Crippen molar-refractivity contribution in [3.05, 3.63) is 64.6 Å². The second-order valence-electron chi connectivity index (χ2n) is 6.67. The predicted octanol–water partition coefficient (Wildman–Crippen LogP) is 2.21. The Hall–Kier alpha value is -2.40. The van der Waals surface area contributed by atoms with E-state index in [4.69, 9.17) is 5.73 Å². The van der Waals surface area contributed by atoms with Crippen LogP contribution in [-0.4, -0.2) is 16.5 Å². The van der Waals surface area contributed by atoms with Crippen molar-refractivity contribution in [2.75, 3.05) is 5.32 Å². The third kappa shape index (κ3) is 4.29. The smallest absolute Gasteiger partial charge is 0.274 e. The first-order valence-electron chi connectivity index (χ1n) is 7.59. The van der Waals surface area contributed by atoms with Gasteiger partial charge in [-0.25, -0.2) is 0 Å². The number of nitrogens with one attached hydrogen (secondary N) is 1. The Balaban J connectivity index is 2.20. The molecule has 1 aromatic heterocycles. The van der Waals surface area contributed by atoms with Crippen molar-refractivity contribution >= 4 is 11.6 Å². The van der Waals surface area contributed by atoms with Crippen LogP contribution in [0.25, 0.3) is 0 Å². The molecule has 0 aliphatic rings. The lowest BCUT2D eigenvalue weighted by Crippen LogP contribution is -2.46. The van der Waals surface area contributed by atoms with Crippen LogP contribution in [0.2, 0.25) is 0 Å². The lowest BCUT2D eigenvalue weighted by molar-refractivity contribution is -0.119. The number of nitrogens with two attached hydrogens (primary N) is 1. The minimum Gasteiger partial charge on any atom is -0.320 e. The SMILES string of the molecule is CC(C)(C)[C@H](N)C(=O)Nc1cccn(Cc2ccccc2)c1=O. The van der Waals surface area contributed by atoms with Gasteiger partial charge in [-0.1, -0.05) is 51.1 Å². The van der Waals surface area contributed by atoms with Crippen molar-refractivity contribution < 1.29 is 4.79 Å². The molecule has 0 saturated heterocycles. The van der Waals surface area contributed by atoms with Gasteiger partial charge in [0.2, 0.25) is 5.91 Å². The molecular weight excluding hydrogens is 290 g/mol. The van der Waals surface area contributed by atoms with Crippen LogP contribution in [0.5, 0.6) is 0 Å². The molecule has 0 fully saturated rings. The topological polar surface area (TPSA) is 77.1 Å². The molecule has 3 N–H and O–H groups in total. The van der Waals surface area contributed by atoms with E-state index in [2.05, 4.69) is 5.32 Å². The number of carbonyl (C=O) groups excluding carboxylic acids is 1. The number of pyridine rings is 1. The van der Waals surface area contributed by atoms with E-state index in [1.165, 1.54) is 0 Å². The summed E-state index contributed by atoms with van der Waals surface area (Å²) in [4.78, 5) is 24.7. The maximum absolute atomic E-state index is 12.5. The normalized spacial score (nSPS) is 12.7. The number of anilines is 1. The third-order valence-corrected chi connectivity index (χ3v) is 3.69. The van der Waals surface area contributed by atoms with Crippen LogP contribution >= 0.6 is 0 Å². The second-order valence-corrected chi connectivity index (χ2v) is 6.67. The maximum Gasteiger partial charge on any atom is 0.274 e. The number of benzene rings is 1. The summed E-state index contributed by atoms with van der Waals surface area (Å²) in [5.41, 5.74) is 6.58. The van der Waals surface area contributed by atoms with E-state index >= 15 is 0 Å². The Morgan fingerprint density at radius 3 is 2.43 bits per heavy atom.